The van der Waals surface area contributed by atoms with Crippen LogP contribution in [0.1, 0.15) is 438 Å². The lowest BCUT2D eigenvalue weighted by atomic mass is 10.0. The molecule has 0 aliphatic rings. The van der Waals surface area contributed by atoms with Gasteiger partial charge in [-0.05, 0) is 12.8 Å². The number of aliphatic hydroxyl groups excluding tert-OH is 1. The first-order chi connectivity index (χ1) is 38.6. The number of aliphatic hydroxyl groups is 1. The molecule has 0 amide bonds. The highest BCUT2D eigenvalue weighted by molar-refractivity contribution is 5.70. The van der Waals surface area contributed by atoms with Gasteiger partial charge in [0.05, 0.1) is 6.61 Å². The fourth-order valence-corrected chi connectivity index (χ4v) is 11.9. The third-order valence-electron chi connectivity index (χ3n) is 17.4. The molecule has 0 aliphatic carbocycles. The number of hydrogen-bond donors (Lipinski definition) is 1. The molecule has 0 aliphatic heterocycles. The summed E-state index contributed by atoms with van der Waals surface area (Å²) in [5.74, 6) is -0.558. The van der Waals surface area contributed by atoms with Crippen LogP contribution < -0.4 is 0 Å². The summed E-state index contributed by atoms with van der Waals surface area (Å²) in [5.41, 5.74) is 0. The average molecular weight is 1100 g/mol. The molecule has 0 aromatic rings. The highest BCUT2D eigenvalue weighted by atomic mass is 16.6. The number of esters is 2. The van der Waals surface area contributed by atoms with Crippen molar-refractivity contribution in [2.45, 2.75) is 444 Å². The number of unbranched alkanes of at least 4 members (excludes halogenated alkanes) is 62. The van der Waals surface area contributed by atoms with Crippen LogP contribution in [0.4, 0.5) is 0 Å². The highest BCUT2D eigenvalue weighted by Crippen LogP contribution is 2.20. The van der Waals surface area contributed by atoms with Crippen LogP contribution in [0.5, 0.6) is 0 Å². The summed E-state index contributed by atoms with van der Waals surface area (Å²) >= 11 is 0. The molecule has 0 aromatic carbocycles. The predicted octanol–water partition coefficient (Wildman–Crippen LogP) is 25.2. The lowest BCUT2D eigenvalue weighted by Crippen LogP contribution is -2.28. The van der Waals surface area contributed by atoms with E-state index in [1.54, 1.807) is 0 Å². The summed E-state index contributed by atoms with van der Waals surface area (Å²) in [5, 5.41) is 9.70. The first-order valence-electron chi connectivity index (χ1n) is 36.6. The summed E-state index contributed by atoms with van der Waals surface area (Å²) in [7, 11) is 0. The van der Waals surface area contributed by atoms with Gasteiger partial charge in [-0.3, -0.25) is 9.59 Å². The lowest BCUT2D eigenvalue weighted by molar-refractivity contribution is -0.161. The molecule has 0 bridgehead atoms. The molecule has 0 rings (SSSR count). The summed E-state index contributed by atoms with van der Waals surface area (Å²) in [6, 6.07) is 0. The van der Waals surface area contributed by atoms with Gasteiger partial charge in [0.15, 0.2) is 6.10 Å². The van der Waals surface area contributed by atoms with E-state index in [0.717, 1.165) is 32.1 Å². The maximum absolute atomic E-state index is 12.4. The quantitative estimate of drug-likeness (QED) is 0.0485. The molecular formula is C73H144O5. The minimum Gasteiger partial charge on any atom is -0.462 e. The molecule has 0 saturated carbocycles. The second-order valence-electron chi connectivity index (χ2n) is 25.4. The third kappa shape index (κ3) is 67.4. The molecule has 1 unspecified atom stereocenters. The van der Waals surface area contributed by atoms with E-state index in [0.29, 0.717) is 12.8 Å². The van der Waals surface area contributed by atoms with E-state index in [1.807, 2.05) is 0 Å². The largest absolute Gasteiger partial charge is 0.462 e. The molecule has 1 N–H and O–H groups in total. The smallest absolute Gasteiger partial charge is 0.306 e. The Labute approximate surface area is 490 Å². The van der Waals surface area contributed by atoms with Crippen molar-refractivity contribution in [2.24, 2.45) is 0 Å². The van der Waals surface area contributed by atoms with Gasteiger partial charge in [-0.2, -0.15) is 0 Å². The van der Waals surface area contributed by atoms with Gasteiger partial charge in [0, 0.05) is 12.8 Å². The van der Waals surface area contributed by atoms with Gasteiger partial charge in [0.2, 0.25) is 0 Å². The van der Waals surface area contributed by atoms with Crippen LogP contribution in [0, 0.1) is 0 Å². The van der Waals surface area contributed by atoms with Crippen LogP contribution in [-0.4, -0.2) is 36.4 Å². The molecule has 5 heteroatoms. The van der Waals surface area contributed by atoms with Gasteiger partial charge in [-0.1, -0.05) is 412 Å². The molecular weight excluding hydrogens is 957 g/mol. The van der Waals surface area contributed by atoms with Crippen LogP contribution in [0.25, 0.3) is 0 Å². The van der Waals surface area contributed by atoms with Crippen LogP contribution in [0.2, 0.25) is 0 Å². The molecule has 0 spiro atoms. The maximum Gasteiger partial charge on any atom is 0.306 e. The molecule has 1 atom stereocenters. The van der Waals surface area contributed by atoms with E-state index >= 15 is 0 Å². The van der Waals surface area contributed by atoms with Crippen molar-refractivity contribution in [3.05, 3.63) is 0 Å². The molecule has 0 radical (unpaired) electrons. The Morgan fingerprint density at radius 3 is 0.564 bits per heavy atom. The first-order valence-corrected chi connectivity index (χ1v) is 36.6. The van der Waals surface area contributed by atoms with Crippen LogP contribution >= 0.6 is 0 Å². The zero-order valence-electron chi connectivity index (χ0n) is 53.7. The number of hydrogen-bond acceptors (Lipinski definition) is 5. The van der Waals surface area contributed by atoms with Gasteiger partial charge in [-0.25, -0.2) is 0 Å². The summed E-state index contributed by atoms with van der Waals surface area (Å²) < 4.78 is 10.8. The van der Waals surface area contributed by atoms with E-state index < -0.39 is 6.10 Å². The predicted molar refractivity (Wildman–Crippen MR) is 344 cm³/mol. The Hall–Kier alpha value is -1.10. The van der Waals surface area contributed by atoms with Gasteiger partial charge >= 0.3 is 11.9 Å². The standard InChI is InChI=1S/C73H144O5/c1-3-5-7-9-11-13-15-17-19-21-23-25-27-28-29-30-31-32-33-34-35-36-37-38-39-40-41-42-43-44-46-48-50-52-54-56-58-60-62-64-66-68-73(76)78-71(69-74)70-77-72(75)67-65-63-61-59-57-55-53-51-49-47-45-26-24-22-20-18-16-14-12-10-8-6-4-2/h71,74H,3-70H2,1-2H3. The fourth-order valence-electron chi connectivity index (χ4n) is 11.9. The van der Waals surface area contributed by atoms with Gasteiger partial charge < -0.3 is 14.6 Å². The zero-order valence-corrected chi connectivity index (χ0v) is 53.7. The van der Waals surface area contributed by atoms with Crippen molar-refractivity contribution in [1.29, 1.82) is 0 Å². The van der Waals surface area contributed by atoms with Crippen LogP contribution in [0.15, 0.2) is 0 Å². The van der Waals surface area contributed by atoms with Crippen molar-refractivity contribution < 1.29 is 24.2 Å². The molecule has 0 aromatic heterocycles. The zero-order chi connectivity index (χ0) is 56.2. The maximum atomic E-state index is 12.4. The van der Waals surface area contributed by atoms with Crippen molar-refractivity contribution >= 4 is 11.9 Å². The Morgan fingerprint density at radius 2 is 0.397 bits per heavy atom. The summed E-state index contributed by atoms with van der Waals surface area (Å²) in [6.07, 6.45) is 88.9. The second kappa shape index (κ2) is 70.2. The molecule has 466 valence electrons. The van der Waals surface area contributed by atoms with E-state index in [9.17, 15) is 14.7 Å². The Morgan fingerprint density at radius 1 is 0.244 bits per heavy atom. The van der Waals surface area contributed by atoms with E-state index in [4.69, 9.17) is 9.47 Å². The van der Waals surface area contributed by atoms with E-state index in [2.05, 4.69) is 13.8 Å². The van der Waals surface area contributed by atoms with E-state index in [-0.39, 0.29) is 25.2 Å². The Kier molecular flexibility index (Phi) is 69.2. The number of carbonyl (C=O) groups excluding carboxylic acids is 2. The first kappa shape index (κ1) is 76.9. The van der Waals surface area contributed by atoms with Crippen molar-refractivity contribution in [2.75, 3.05) is 13.2 Å². The topological polar surface area (TPSA) is 72.8 Å². The summed E-state index contributed by atoms with van der Waals surface area (Å²) in [4.78, 5) is 24.6. The normalized spacial score (nSPS) is 12.0. The van der Waals surface area contributed by atoms with Crippen molar-refractivity contribution in [1.82, 2.24) is 0 Å². The summed E-state index contributed by atoms with van der Waals surface area (Å²) in [6.45, 7) is 4.23. The molecule has 5 nitrogen and oxygen atoms in total. The molecule has 0 saturated heterocycles. The molecule has 0 heterocycles. The van der Waals surface area contributed by atoms with Gasteiger partial charge in [-0.15, -0.1) is 0 Å². The lowest BCUT2D eigenvalue weighted by Gasteiger charge is -2.15. The highest BCUT2D eigenvalue weighted by Gasteiger charge is 2.16. The van der Waals surface area contributed by atoms with Crippen molar-refractivity contribution in [3.8, 4) is 0 Å². The van der Waals surface area contributed by atoms with Gasteiger partial charge in [0.1, 0.15) is 6.61 Å². The number of carbonyl (C=O) groups is 2. The Bertz CT molecular complexity index is 1110. The van der Waals surface area contributed by atoms with Crippen LogP contribution in [-0.2, 0) is 19.1 Å². The minimum absolute atomic E-state index is 0.0554. The number of ether oxygens (including phenoxy) is 2. The minimum atomic E-state index is -0.765. The SMILES string of the molecule is CCCCCCCCCCCCCCCCCCCCCCCCCCCCCCCCCCCCCCCCCCCC(=O)OC(CO)COC(=O)CCCCCCCCCCCCCCCCCCCCCCCCC. The average Bonchev–Trinajstić information content (AvgIpc) is 3.44. The van der Waals surface area contributed by atoms with Crippen LogP contribution in [0.3, 0.4) is 0 Å². The molecule has 78 heavy (non-hydrogen) atoms. The fraction of sp³-hybridized carbons (Fsp3) is 0.973. The monoisotopic (exact) mass is 1100 g/mol. The van der Waals surface area contributed by atoms with Crippen molar-refractivity contribution in [3.63, 3.8) is 0 Å². The molecule has 0 fully saturated rings. The second-order valence-corrected chi connectivity index (χ2v) is 25.4. The Balaban J connectivity index is 3.32. The van der Waals surface area contributed by atoms with E-state index in [1.165, 1.54) is 379 Å². The number of rotatable bonds is 70. The third-order valence-corrected chi connectivity index (χ3v) is 17.4. The van der Waals surface area contributed by atoms with Gasteiger partial charge in [0.25, 0.3) is 0 Å².